The predicted octanol–water partition coefficient (Wildman–Crippen LogP) is 3.72. The predicted molar refractivity (Wildman–Crippen MR) is 117 cm³/mol. The largest absolute Gasteiger partial charge is 0.343 e. The minimum Gasteiger partial charge on any atom is -0.343 e. The number of amides is 1. The van der Waals surface area contributed by atoms with Crippen LogP contribution >= 0.6 is 11.5 Å². The summed E-state index contributed by atoms with van der Waals surface area (Å²) in [5.41, 5.74) is 3.55. The summed E-state index contributed by atoms with van der Waals surface area (Å²) in [6, 6.07) is 18.6. The number of nitrogens with zero attached hydrogens (tertiary/aromatic N) is 4. The summed E-state index contributed by atoms with van der Waals surface area (Å²) in [5, 5.41) is 0.953. The maximum atomic E-state index is 12.7. The average Bonchev–Trinajstić information content (AvgIpc) is 3.19. The quantitative estimate of drug-likeness (QED) is 0.648. The molecule has 5 nitrogen and oxygen atoms in total. The number of rotatable bonds is 5. The first-order chi connectivity index (χ1) is 14.1. The molecule has 1 atom stereocenters. The summed E-state index contributed by atoms with van der Waals surface area (Å²) in [7, 11) is 0. The van der Waals surface area contributed by atoms with Gasteiger partial charge in [0.15, 0.2) is 0 Å². The number of hydrogen-bond acceptors (Lipinski definition) is 5. The molecule has 150 valence electrons. The average molecular weight is 407 g/mol. The van der Waals surface area contributed by atoms with Crippen LogP contribution in [0.4, 0.5) is 5.13 Å². The van der Waals surface area contributed by atoms with Crippen LogP contribution in [0.3, 0.4) is 0 Å². The Labute approximate surface area is 176 Å². The lowest BCUT2D eigenvalue weighted by Gasteiger charge is -2.39. The molecule has 0 saturated carbocycles. The van der Waals surface area contributed by atoms with Gasteiger partial charge in [0.05, 0.1) is 6.42 Å². The number of piperazine rings is 1. The van der Waals surface area contributed by atoms with Gasteiger partial charge in [0.25, 0.3) is 0 Å². The minimum atomic E-state index is 0.157. The van der Waals surface area contributed by atoms with E-state index < -0.39 is 0 Å². The van der Waals surface area contributed by atoms with Crippen LogP contribution in [-0.2, 0) is 17.6 Å². The van der Waals surface area contributed by atoms with Gasteiger partial charge >= 0.3 is 0 Å². The Morgan fingerprint density at radius 1 is 1.07 bits per heavy atom. The van der Waals surface area contributed by atoms with Gasteiger partial charge < -0.3 is 9.80 Å². The van der Waals surface area contributed by atoms with E-state index in [1.165, 1.54) is 22.7 Å². The first-order valence-electron chi connectivity index (χ1n) is 10.0. The summed E-state index contributed by atoms with van der Waals surface area (Å²) in [5.74, 6) is 1.06. The highest BCUT2D eigenvalue weighted by atomic mass is 32.1. The molecule has 3 aromatic rings. The second-order valence-electron chi connectivity index (χ2n) is 7.70. The third-order valence-electron chi connectivity index (χ3n) is 5.36. The van der Waals surface area contributed by atoms with Gasteiger partial charge in [-0.2, -0.15) is 4.37 Å². The Morgan fingerprint density at radius 3 is 2.55 bits per heavy atom. The fraction of sp³-hybridized carbons (Fsp3) is 0.348. The molecule has 1 aliphatic heterocycles. The lowest BCUT2D eigenvalue weighted by molar-refractivity contribution is -0.132. The Kier molecular flexibility index (Phi) is 5.90. The lowest BCUT2D eigenvalue weighted by atomic mass is 10.1. The van der Waals surface area contributed by atoms with Gasteiger partial charge in [0.2, 0.25) is 11.0 Å². The first kappa shape index (κ1) is 19.6. The Balaban J connectivity index is 1.35. The molecule has 1 fully saturated rings. The molecule has 1 unspecified atom stereocenters. The molecular formula is C23H26N4OS. The van der Waals surface area contributed by atoms with Crippen molar-refractivity contribution >= 4 is 22.6 Å². The molecule has 0 radical (unpaired) electrons. The van der Waals surface area contributed by atoms with Crippen molar-refractivity contribution in [3.63, 3.8) is 0 Å². The zero-order chi connectivity index (χ0) is 20.2. The van der Waals surface area contributed by atoms with E-state index in [4.69, 9.17) is 4.98 Å². The van der Waals surface area contributed by atoms with Crippen molar-refractivity contribution < 1.29 is 4.79 Å². The van der Waals surface area contributed by atoms with Crippen LogP contribution in [-0.4, -0.2) is 45.8 Å². The monoisotopic (exact) mass is 406 g/mol. The van der Waals surface area contributed by atoms with Gasteiger partial charge in [-0.1, -0.05) is 60.2 Å². The van der Waals surface area contributed by atoms with Crippen molar-refractivity contribution in [2.75, 3.05) is 24.5 Å². The van der Waals surface area contributed by atoms with Crippen LogP contribution in [0.5, 0.6) is 0 Å². The minimum absolute atomic E-state index is 0.157. The van der Waals surface area contributed by atoms with Crippen molar-refractivity contribution in [3.05, 3.63) is 77.1 Å². The molecule has 2 aromatic carbocycles. The highest BCUT2D eigenvalue weighted by Crippen LogP contribution is 2.23. The van der Waals surface area contributed by atoms with Crippen LogP contribution in [0.1, 0.15) is 29.4 Å². The van der Waals surface area contributed by atoms with Gasteiger partial charge in [-0.25, -0.2) is 4.98 Å². The van der Waals surface area contributed by atoms with E-state index in [0.29, 0.717) is 6.42 Å². The lowest BCUT2D eigenvalue weighted by Crippen LogP contribution is -2.54. The van der Waals surface area contributed by atoms with E-state index in [1.54, 1.807) is 0 Å². The van der Waals surface area contributed by atoms with Crippen molar-refractivity contribution in [3.8, 4) is 0 Å². The van der Waals surface area contributed by atoms with E-state index in [0.717, 1.165) is 42.6 Å². The van der Waals surface area contributed by atoms with Gasteiger partial charge in [0, 0.05) is 43.6 Å². The first-order valence-corrected chi connectivity index (χ1v) is 10.8. The van der Waals surface area contributed by atoms with Crippen molar-refractivity contribution in [2.24, 2.45) is 0 Å². The summed E-state index contributed by atoms with van der Waals surface area (Å²) in [6.45, 7) is 6.52. The van der Waals surface area contributed by atoms with E-state index in [1.807, 2.05) is 35.2 Å². The van der Waals surface area contributed by atoms with Crippen molar-refractivity contribution in [1.29, 1.82) is 0 Å². The van der Waals surface area contributed by atoms with Gasteiger partial charge in [-0.05, 0) is 25.0 Å². The molecular weight excluding hydrogens is 380 g/mol. The number of hydrogen-bond donors (Lipinski definition) is 0. The van der Waals surface area contributed by atoms with Crippen LogP contribution in [0, 0.1) is 6.92 Å². The number of carbonyl (C=O) groups is 1. The number of aryl methyl sites for hydroxylation is 1. The van der Waals surface area contributed by atoms with Crippen LogP contribution < -0.4 is 4.90 Å². The number of anilines is 1. The summed E-state index contributed by atoms with van der Waals surface area (Å²) < 4.78 is 4.55. The maximum absolute atomic E-state index is 12.7. The van der Waals surface area contributed by atoms with E-state index in [-0.39, 0.29) is 11.9 Å². The van der Waals surface area contributed by atoms with E-state index >= 15 is 0 Å². The highest BCUT2D eigenvalue weighted by Gasteiger charge is 2.28. The van der Waals surface area contributed by atoms with Gasteiger partial charge in [0.1, 0.15) is 5.82 Å². The molecule has 0 aliphatic carbocycles. The standard InChI is InChI=1S/C23H26N4OS/c1-17-8-10-20(11-9-17)14-21-24-23(29-25-21)26-12-13-27(18(2)16-26)22(28)15-19-6-4-3-5-7-19/h3-11,18H,12-16H2,1-2H3. The highest BCUT2D eigenvalue weighted by molar-refractivity contribution is 7.09. The van der Waals surface area contributed by atoms with Gasteiger partial charge in [-0.15, -0.1) is 0 Å². The van der Waals surface area contributed by atoms with Gasteiger partial charge in [-0.3, -0.25) is 4.79 Å². The Morgan fingerprint density at radius 2 is 1.83 bits per heavy atom. The molecule has 1 amide bonds. The molecule has 1 aliphatic rings. The fourth-order valence-electron chi connectivity index (χ4n) is 3.71. The second-order valence-corrected chi connectivity index (χ2v) is 8.43. The molecule has 2 heterocycles. The zero-order valence-corrected chi connectivity index (χ0v) is 17.7. The smallest absolute Gasteiger partial charge is 0.227 e. The molecule has 0 N–H and O–H groups in total. The topological polar surface area (TPSA) is 49.3 Å². The summed E-state index contributed by atoms with van der Waals surface area (Å²) >= 11 is 1.45. The molecule has 1 saturated heterocycles. The maximum Gasteiger partial charge on any atom is 0.227 e. The fourth-order valence-corrected chi connectivity index (χ4v) is 4.43. The van der Waals surface area contributed by atoms with Crippen LogP contribution in [0.15, 0.2) is 54.6 Å². The van der Waals surface area contributed by atoms with Crippen molar-refractivity contribution in [1.82, 2.24) is 14.3 Å². The summed E-state index contributed by atoms with van der Waals surface area (Å²) in [4.78, 5) is 21.7. The third kappa shape index (κ3) is 4.82. The number of aromatic nitrogens is 2. The number of carbonyl (C=O) groups excluding carboxylic acids is 1. The number of benzene rings is 2. The third-order valence-corrected chi connectivity index (χ3v) is 6.17. The second kappa shape index (κ2) is 8.74. The van der Waals surface area contributed by atoms with Crippen LogP contribution in [0.2, 0.25) is 0 Å². The Bertz CT molecular complexity index is 955. The van der Waals surface area contributed by atoms with Crippen molar-refractivity contribution in [2.45, 2.75) is 32.7 Å². The van der Waals surface area contributed by atoms with E-state index in [9.17, 15) is 4.79 Å². The Hall–Kier alpha value is -2.73. The van der Waals surface area contributed by atoms with Crippen LogP contribution in [0.25, 0.3) is 0 Å². The zero-order valence-electron chi connectivity index (χ0n) is 16.9. The molecule has 29 heavy (non-hydrogen) atoms. The molecule has 0 bridgehead atoms. The normalized spacial score (nSPS) is 16.8. The SMILES string of the molecule is Cc1ccc(Cc2nsc(N3CCN(C(=O)Cc4ccccc4)C(C)C3)n2)cc1. The molecule has 1 aromatic heterocycles. The van der Waals surface area contributed by atoms with E-state index in [2.05, 4.69) is 47.4 Å². The molecule has 4 rings (SSSR count). The molecule has 6 heteroatoms. The summed E-state index contributed by atoms with van der Waals surface area (Å²) in [6.07, 6.45) is 1.21. The molecule has 0 spiro atoms.